The van der Waals surface area contributed by atoms with Crippen molar-refractivity contribution in [1.82, 2.24) is 24.8 Å². The normalized spacial score (nSPS) is 10.9. The van der Waals surface area contributed by atoms with E-state index in [9.17, 15) is 18.0 Å². The molecule has 192 valence electrons. The first-order chi connectivity index (χ1) is 17.5. The Labute approximate surface area is 210 Å². The number of halogens is 3. The molecule has 0 bridgehead atoms. The first kappa shape index (κ1) is 27.1. The Kier molecular flexibility index (Phi) is 8.38. The zero-order valence-corrected chi connectivity index (χ0v) is 20.2. The van der Waals surface area contributed by atoms with Crippen molar-refractivity contribution in [2.45, 2.75) is 26.6 Å². The Morgan fingerprint density at radius 1 is 1.03 bits per heavy atom. The average molecular weight is 512 g/mol. The lowest BCUT2D eigenvalue weighted by Gasteiger charge is -2.17. The van der Waals surface area contributed by atoms with E-state index < -0.39 is 12.1 Å². The van der Waals surface area contributed by atoms with Crippen LogP contribution in [0.4, 0.5) is 13.2 Å². The number of nitrogens with zero attached hydrogens (tertiary/aromatic N) is 4. The summed E-state index contributed by atoms with van der Waals surface area (Å²) < 4.78 is 31.7. The van der Waals surface area contributed by atoms with Crippen LogP contribution >= 0.6 is 0 Å². The van der Waals surface area contributed by atoms with E-state index in [1.54, 1.807) is 30.5 Å². The summed E-state index contributed by atoms with van der Waals surface area (Å²) in [7, 11) is 1.80. The SMILES string of the molecule is Cc1nc(-c2cc(-c3cncc(C(=O)N(C)Cc4ccccc4)c3)ccn2)[nH]c1C.O=C(O)C(F)(F)F. The van der Waals surface area contributed by atoms with E-state index in [1.165, 1.54) is 0 Å². The Bertz CT molecular complexity index is 1370. The van der Waals surface area contributed by atoms with Crippen molar-refractivity contribution in [3.8, 4) is 22.6 Å². The Morgan fingerprint density at radius 3 is 2.30 bits per heavy atom. The number of carbonyl (C=O) groups is 2. The molecule has 0 fully saturated rings. The van der Waals surface area contributed by atoms with Crippen LogP contribution in [0.25, 0.3) is 22.6 Å². The summed E-state index contributed by atoms with van der Waals surface area (Å²) in [5, 5.41) is 7.12. The standard InChI is InChI=1S/C24H23N5O.C2HF3O2/c1-16-17(2)28-23(27-16)22-12-19(9-10-26-22)20-11-21(14-25-13-20)24(30)29(3)15-18-7-5-4-6-8-18;3-2(4,5)1(6)7/h4-14H,15H2,1-3H3,(H,27,28);(H,6,7). The predicted octanol–water partition coefficient (Wildman–Crippen LogP) is 5.06. The molecular weight excluding hydrogens is 487 g/mol. The van der Waals surface area contributed by atoms with Crippen molar-refractivity contribution in [3.63, 3.8) is 0 Å². The molecule has 1 amide bonds. The van der Waals surface area contributed by atoms with Crippen molar-refractivity contribution >= 4 is 11.9 Å². The molecule has 0 spiro atoms. The van der Waals surface area contributed by atoms with E-state index in [4.69, 9.17) is 9.90 Å². The minimum atomic E-state index is -5.08. The van der Waals surface area contributed by atoms with Crippen LogP contribution in [0.2, 0.25) is 0 Å². The molecule has 2 N–H and O–H groups in total. The highest BCUT2D eigenvalue weighted by atomic mass is 19.4. The molecule has 0 atom stereocenters. The molecule has 4 rings (SSSR count). The maximum atomic E-state index is 12.9. The monoisotopic (exact) mass is 511 g/mol. The van der Waals surface area contributed by atoms with Crippen molar-refractivity contribution < 1.29 is 27.9 Å². The molecule has 3 heterocycles. The lowest BCUT2D eigenvalue weighted by Crippen LogP contribution is -2.26. The average Bonchev–Trinajstić information content (AvgIpc) is 3.22. The number of H-pyrrole nitrogens is 1. The van der Waals surface area contributed by atoms with Crippen LogP contribution in [0.5, 0.6) is 0 Å². The molecule has 3 aromatic heterocycles. The number of aromatic nitrogens is 4. The first-order valence-corrected chi connectivity index (χ1v) is 11.0. The van der Waals surface area contributed by atoms with Crippen molar-refractivity contribution in [3.05, 3.63) is 89.6 Å². The Morgan fingerprint density at radius 2 is 1.70 bits per heavy atom. The molecule has 11 heteroatoms. The van der Waals surface area contributed by atoms with Crippen LogP contribution < -0.4 is 0 Å². The van der Waals surface area contributed by atoms with Gasteiger partial charge in [-0.2, -0.15) is 13.2 Å². The number of carboxylic acids is 1. The van der Waals surface area contributed by atoms with Gasteiger partial charge in [0.05, 0.1) is 11.3 Å². The largest absolute Gasteiger partial charge is 0.490 e. The first-order valence-electron chi connectivity index (χ1n) is 11.0. The molecule has 4 aromatic rings. The molecule has 0 aliphatic rings. The molecule has 0 radical (unpaired) electrons. The number of nitrogens with one attached hydrogen (secondary N) is 1. The quantitative estimate of drug-likeness (QED) is 0.388. The lowest BCUT2D eigenvalue weighted by atomic mass is 10.1. The topological polar surface area (TPSA) is 112 Å². The van der Waals surface area contributed by atoms with Crippen molar-refractivity contribution in [2.75, 3.05) is 7.05 Å². The van der Waals surface area contributed by atoms with Crippen LogP contribution in [-0.4, -0.2) is 55.0 Å². The van der Waals surface area contributed by atoms with Gasteiger partial charge in [0, 0.05) is 43.4 Å². The molecule has 0 saturated carbocycles. The third-order valence-corrected chi connectivity index (χ3v) is 5.30. The van der Waals surface area contributed by atoms with E-state index in [2.05, 4.69) is 19.9 Å². The maximum Gasteiger partial charge on any atom is 0.490 e. The number of aryl methyl sites for hydroxylation is 2. The number of hydrogen-bond donors (Lipinski definition) is 2. The van der Waals surface area contributed by atoms with Crippen molar-refractivity contribution in [2.24, 2.45) is 0 Å². The summed E-state index contributed by atoms with van der Waals surface area (Å²) in [5.74, 6) is -2.10. The van der Waals surface area contributed by atoms with E-state index in [0.29, 0.717) is 12.1 Å². The summed E-state index contributed by atoms with van der Waals surface area (Å²) in [6.07, 6.45) is 0.0221. The molecule has 0 aliphatic carbocycles. The number of imidazole rings is 1. The molecule has 37 heavy (non-hydrogen) atoms. The van der Waals surface area contributed by atoms with Gasteiger partial charge in [-0.05, 0) is 43.2 Å². The zero-order chi connectivity index (χ0) is 27.2. The maximum absolute atomic E-state index is 12.9. The number of pyridine rings is 2. The summed E-state index contributed by atoms with van der Waals surface area (Å²) in [6, 6.07) is 15.7. The van der Waals surface area contributed by atoms with Crippen molar-refractivity contribution in [1.29, 1.82) is 0 Å². The third kappa shape index (κ3) is 7.23. The highest BCUT2D eigenvalue weighted by Gasteiger charge is 2.38. The van der Waals surface area contributed by atoms with Gasteiger partial charge in [-0.1, -0.05) is 30.3 Å². The van der Waals surface area contributed by atoms with Gasteiger partial charge in [-0.3, -0.25) is 14.8 Å². The number of hydrogen-bond acceptors (Lipinski definition) is 5. The molecular formula is C26H24F3N5O3. The van der Waals surface area contributed by atoms with E-state index >= 15 is 0 Å². The van der Waals surface area contributed by atoms with Gasteiger partial charge in [0.2, 0.25) is 0 Å². The number of amides is 1. The molecule has 1 aromatic carbocycles. The fraction of sp³-hybridized carbons (Fsp3) is 0.192. The highest BCUT2D eigenvalue weighted by Crippen LogP contribution is 2.24. The number of carbonyl (C=O) groups excluding carboxylic acids is 1. The summed E-state index contributed by atoms with van der Waals surface area (Å²) in [4.78, 5) is 40.0. The second-order valence-electron chi connectivity index (χ2n) is 8.14. The summed E-state index contributed by atoms with van der Waals surface area (Å²) >= 11 is 0. The highest BCUT2D eigenvalue weighted by molar-refractivity contribution is 5.95. The fourth-order valence-electron chi connectivity index (χ4n) is 3.27. The number of aliphatic carboxylic acids is 1. The predicted molar refractivity (Wildman–Crippen MR) is 130 cm³/mol. The van der Waals surface area contributed by atoms with Crippen LogP contribution in [0.15, 0.2) is 67.1 Å². The van der Waals surface area contributed by atoms with Crippen LogP contribution in [0.3, 0.4) is 0 Å². The zero-order valence-electron chi connectivity index (χ0n) is 20.2. The molecule has 0 unspecified atom stereocenters. The van der Waals surface area contributed by atoms with Crippen LogP contribution in [0.1, 0.15) is 27.3 Å². The van der Waals surface area contributed by atoms with Gasteiger partial charge in [0.25, 0.3) is 5.91 Å². The number of rotatable bonds is 5. The summed E-state index contributed by atoms with van der Waals surface area (Å²) in [6.45, 7) is 4.49. The van der Waals surface area contributed by atoms with Crippen LogP contribution in [-0.2, 0) is 11.3 Å². The summed E-state index contributed by atoms with van der Waals surface area (Å²) in [5.41, 5.74) is 6.15. The Balaban J connectivity index is 0.000000479. The van der Waals surface area contributed by atoms with Crippen LogP contribution in [0, 0.1) is 13.8 Å². The number of carboxylic acid groups (broad SMARTS) is 1. The molecule has 0 saturated heterocycles. The van der Waals surface area contributed by atoms with E-state index in [0.717, 1.165) is 39.6 Å². The lowest BCUT2D eigenvalue weighted by molar-refractivity contribution is -0.192. The molecule has 0 aliphatic heterocycles. The fourth-order valence-corrected chi connectivity index (χ4v) is 3.27. The Hall–Kier alpha value is -4.54. The third-order valence-electron chi connectivity index (χ3n) is 5.30. The van der Waals surface area contributed by atoms with E-state index in [-0.39, 0.29) is 5.91 Å². The number of alkyl halides is 3. The minimum absolute atomic E-state index is 0.0697. The second-order valence-corrected chi connectivity index (χ2v) is 8.14. The van der Waals surface area contributed by atoms with Gasteiger partial charge >= 0.3 is 12.1 Å². The van der Waals surface area contributed by atoms with Gasteiger partial charge in [0.15, 0.2) is 5.82 Å². The van der Waals surface area contributed by atoms with Gasteiger partial charge < -0.3 is 15.0 Å². The molecule has 8 nitrogen and oxygen atoms in total. The van der Waals surface area contributed by atoms with Gasteiger partial charge in [-0.15, -0.1) is 0 Å². The number of aromatic amines is 1. The second kappa shape index (κ2) is 11.5. The van der Waals surface area contributed by atoms with Gasteiger partial charge in [0.1, 0.15) is 5.69 Å². The van der Waals surface area contributed by atoms with E-state index in [1.807, 2.05) is 62.4 Å². The number of benzene rings is 1. The smallest absolute Gasteiger partial charge is 0.475 e. The minimum Gasteiger partial charge on any atom is -0.475 e. The van der Waals surface area contributed by atoms with Gasteiger partial charge in [-0.25, -0.2) is 9.78 Å².